The fourth-order valence-electron chi connectivity index (χ4n) is 2.65. The summed E-state index contributed by atoms with van der Waals surface area (Å²) in [7, 11) is 1.59. The molecule has 1 N–H and O–H groups in total. The van der Waals surface area contributed by atoms with Crippen LogP contribution in [0.1, 0.15) is 41.6 Å². The SMILES string of the molecule is CC(C)c1ccc(-c2nc(C(=O)N(C)CC(=O)NCc3ccco3)cs2)cc1. The van der Waals surface area contributed by atoms with Crippen molar-refractivity contribution >= 4 is 23.2 Å². The molecule has 2 amide bonds. The van der Waals surface area contributed by atoms with Crippen molar-refractivity contribution in [1.82, 2.24) is 15.2 Å². The van der Waals surface area contributed by atoms with Gasteiger partial charge in [0.1, 0.15) is 16.5 Å². The highest BCUT2D eigenvalue weighted by atomic mass is 32.1. The minimum atomic E-state index is -0.283. The highest BCUT2D eigenvalue weighted by Gasteiger charge is 2.18. The number of thiazole rings is 1. The van der Waals surface area contributed by atoms with Crippen LogP contribution in [-0.4, -0.2) is 35.3 Å². The molecule has 0 saturated carbocycles. The second-order valence-electron chi connectivity index (χ2n) is 6.83. The van der Waals surface area contributed by atoms with Gasteiger partial charge in [0.15, 0.2) is 0 Å². The molecule has 28 heavy (non-hydrogen) atoms. The van der Waals surface area contributed by atoms with Crippen LogP contribution >= 0.6 is 11.3 Å². The van der Waals surface area contributed by atoms with E-state index < -0.39 is 0 Å². The lowest BCUT2D eigenvalue weighted by Gasteiger charge is -2.15. The molecule has 0 aliphatic heterocycles. The zero-order valence-corrected chi connectivity index (χ0v) is 17.0. The zero-order valence-electron chi connectivity index (χ0n) is 16.1. The van der Waals surface area contributed by atoms with Crippen molar-refractivity contribution in [3.05, 3.63) is 65.1 Å². The summed E-state index contributed by atoms with van der Waals surface area (Å²) in [5, 5.41) is 5.24. The van der Waals surface area contributed by atoms with E-state index in [0.29, 0.717) is 23.9 Å². The van der Waals surface area contributed by atoms with Crippen molar-refractivity contribution in [3.8, 4) is 10.6 Å². The topological polar surface area (TPSA) is 75.4 Å². The summed E-state index contributed by atoms with van der Waals surface area (Å²) in [6.07, 6.45) is 1.55. The number of amides is 2. The van der Waals surface area contributed by atoms with Crippen LogP contribution < -0.4 is 5.32 Å². The lowest BCUT2D eigenvalue weighted by Crippen LogP contribution is -2.38. The van der Waals surface area contributed by atoms with Crippen molar-refractivity contribution < 1.29 is 14.0 Å². The van der Waals surface area contributed by atoms with Gasteiger partial charge < -0.3 is 14.6 Å². The smallest absolute Gasteiger partial charge is 0.273 e. The number of nitrogens with zero attached hydrogens (tertiary/aromatic N) is 2. The van der Waals surface area contributed by atoms with Crippen LogP contribution in [-0.2, 0) is 11.3 Å². The zero-order chi connectivity index (χ0) is 20.1. The Bertz CT molecular complexity index is 930. The average molecular weight is 398 g/mol. The molecule has 0 spiro atoms. The van der Waals surface area contributed by atoms with Crippen LogP contribution in [0.2, 0.25) is 0 Å². The second-order valence-corrected chi connectivity index (χ2v) is 7.69. The summed E-state index contributed by atoms with van der Waals surface area (Å²) in [6.45, 7) is 4.54. The molecule has 7 heteroatoms. The highest BCUT2D eigenvalue weighted by molar-refractivity contribution is 7.13. The summed E-state index contributed by atoms with van der Waals surface area (Å²) in [5.74, 6) is 0.589. The Morgan fingerprint density at radius 2 is 1.96 bits per heavy atom. The third kappa shape index (κ3) is 4.86. The second kappa shape index (κ2) is 8.84. The van der Waals surface area contributed by atoms with E-state index in [1.54, 1.807) is 30.8 Å². The van der Waals surface area contributed by atoms with Crippen molar-refractivity contribution in [2.75, 3.05) is 13.6 Å². The molecule has 3 rings (SSSR count). The highest BCUT2D eigenvalue weighted by Crippen LogP contribution is 2.26. The summed E-state index contributed by atoms with van der Waals surface area (Å²) >= 11 is 1.42. The predicted octanol–water partition coefficient (Wildman–Crippen LogP) is 3.91. The first-order valence-electron chi connectivity index (χ1n) is 9.04. The predicted molar refractivity (Wildman–Crippen MR) is 109 cm³/mol. The van der Waals surface area contributed by atoms with Crippen LogP contribution in [0.4, 0.5) is 0 Å². The molecule has 0 saturated heterocycles. The third-order valence-electron chi connectivity index (χ3n) is 4.31. The minimum absolute atomic E-state index is 0.0461. The van der Waals surface area contributed by atoms with E-state index in [-0.39, 0.29) is 18.4 Å². The number of hydrogen-bond acceptors (Lipinski definition) is 5. The van der Waals surface area contributed by atoms with Crippen molar-refractivity contribution in [2.45, 2.75) is 26.3 Å². The molecular weight excluding hydrogens is 374 g/mol. The van der Waals surface area contributed by atoms with Crippen LogP contribution in [0, 0.1) is 0 Å². The number of aromatic nitrogens is 1. The number of carbonyl (C=O) groups is 2. The lowest BCUT2D eigenvalue weighted by molar-refractivity contribution is -0.121. The van der Waals surface area contributed by atoms with E-state index >= 15 is 0 Å². The average Bonchev–Trinajstić information content (AvgIpc) is 3.38. The summed E-state index contributed by atoms with van der Waals surface area (Å²) in [6, 6.07) is 11.7. The molecule has 0 fully saturated rings. The molecule has 6 nitrogen and oxygen atoms in total. The van der Waals surface area contributed by atoms with E-state index in [9.17, 15) is 9.59 Å². The normalized spacial score (nSPS) is 10.9. The molecule has 0 radical (unpaired) electrons. The van der Waals surface area contributed by atoms with Crippen LogP contribution in [0.15, 0.2) is 52.5 Å². The Labute approximate surface area is 168 Å². The van der Waals surface area contributed by atoms with Crippen LogP contribution in [0.5, 0.6) is 0 Å². The minimum Gasteiger partial charge on any atom is -0.467 e. The summed E-state index contributed by atoms with van der Waals surface area (Å²) in [4.78, 5) is 30.4. The Kier molecular flexibility index (Phi) is 6.26. The maximum absolute atomic E-state index is 12.6. The molecule has 2 aromatic heterocycles. The number of benzene rings is 1. The Morgan fingerprint density at radius 3 is 2.61 bits per heavy atom. The Hall–Kier alpha value is -2.93. The standard InChI is InChI=1S/C21H23N3O3S/c1-14(2)15-6-8-16(9-7-15)20-23-18(13-28-20)21(26)24(3)12-19(25)22-11-17-5-4-10-27-17/h4-10,13-14H,11-12H2,1-3H3,(H,22,25). The van der Waals surface area contributed by atoms with Gasteiger partial charge in [-0.05, 0) is 23.6 Å². The van der Waals surface area contributed by atoms with E-state index in [0.717, 1.165) is 10.6 Å². The quantitative estimate of drug-likeness (QED) is 0.656. The number of furan rings is 1. The van der Waals surface area contributed by atoms with Gasteiger partial charge >= 0.3 is 0 Å². The van der Waals surface area contributed by atoms with Crippen molar-refractivity contribution in [2.24, 2.45) is 0 Å². The fourth-order valence-corrected chi connectivity index (χ4v) is 3.45. The molecule has 1 aromatic carbocycles. The molecule has 0 aliphatic carbocycles. The molecular formula is C21H23N3O3S. The number of likely N-dealkylation sites (N-methyl/N-ethyl adjacent to an activating group) is 1. The largest absolute Gasteiger partial charge is 0.467 e. The van der Waals surface area contributed by atoms with Gasteiger partial charge in [0.2, 0.25) is 5.91 Å². The molecule has 2 heterocycles. The Balaban J connectivity index is 1.58. The van der Waals surface area contributed by atoms with Gasteiger partial charge in [0.25, 0.3) is 5.91 Å². The van der Waals surface area contributed by atoms with E-state index in [1.807, 2.05) is 12.1 Å². The van der Waals surface area contributed by atoms with Gasteiger partial charge in [-0.1, -0.05) is 38.1 Å². The summed E-state index contributed by atoms with van der Waals surface area (Å²) in [5.41, 5.74) is 2.58. The van der Waals surface area contributed by atoms with E-state index in [1.165, 1.54) is 21.8 Å². The van der Waals surface area contributed by atoms with Gasteiger partial charge in [-0.25, -0.2) is 4.98 Å². The van der Waals surface area contributed by atoms with Gasteiger partial charge in [-0.15, -0.1) is 11.3 Å². The summed E-state index contributed by atoms with van der Waals surface area (Å²) < 4.78 is 5.17. The van der Waals surface area contributed by atoms with Crippen LogP contribution in [0.25, 0.3) is 10.6 Å². The first-order chi connectivity index (χ1) is 13.4. The monoisotopic (exact) mass is 397 g/mol. The number of nitrogens with one attached hydrogen (secondary N) is 1. The van der Waals surface area contributed by atoms with Gasteiger partial charge in [-0.3, -0.25) is 9.59 Å². The number of hydrogen-bond donors (Lipinski definition) is 1. The molecule has 0 bridgehead atoms. The first-order valence-corrected chi connectivity index (χ1v) is 9.92. The third-order valence-corrected chi connectivity index (χ3v) is 5.21. The fraction of sp³-hybridized carbons (Fsp3) is 0.286. The number of rotatable bonds is 7. The first kappa shape index (κ1) is 19.8. The maximum atomic E-state index is 12.6. The molecule has 146 valence electrons. The molecule has 0 aliphatic rings. The van der Waals surface area contributed by atoms with Crippen molar-refractivity contribution in [3.63, 3.8) is 0 Å². The number of carbonyl (C=O) groups excluding carboxylic acids is 2. The Morgan fingerprint density at radius 1 is 1.21 bits per heavy atom. The van der Waals surface area contributed by atoms with Crippen LogP contribution in [0.3, 0.4) is 0 Å². The van der Waals surface area contributed by atoms with Gasteiger partial charge in [-0.2, -0.15) is 0 Å². The van der Waals surface area contributed by atoms with Gasteiger partial charge in [0, 0.05) is 18.0 Å². The molecule has 0 unspecified atom stereocenters. The molecule has 0 atom stereocenters. The van der Waals surface area contributed by atoms with Crippen molar-refractivity contribution in [1.29, 1.82) is 0 Å². The van der Waals surface area contributed by atoms with E-state index in [4.69, 9.17) is 4.42 Å². The van der Waals surface area contributed by atoms with E-state index in [2.05, 4.69) is 36.3 Å². The van der Waals surface area contributed by atoms with Gasteiger partial charge in [0.05, 0.1) is 19.4 Å². The lowest BCUT2D eigenvalue weighted by atomic mass is 10.0. The molecule has 3 aromatic rings. The maximum Gasteiger partial charge on any atom is 0.273 e.